The molecule has 1 unspecified atom stereocenters. The Morgan fingerprint density at radius 2 is 0.940 bits per heavy atom. The molecule has 6 aromatic carbocycles. The van der Waals surface area contributed by atoms with E-state index in [0.717, 1.165) is 27.8 Å². The Labute approximate surface area is 292 Å². The molecule has 0 amide bonds. The van der Waals surface area contributed by atoms with Gasteiger partial charge >= 0.3 is 0 Å². The van der Waals surface area contributed by atoms with Gasteiger partial charge in [-0.1, -0.05) is 127 Å². The molecule has 1 aliphatic rings. The molecule has 50 heavy (non-hydrogen) atoms. The average Bonchev–Trinajstić information content (AvgIpc) is 3.18. The maximum Gasteiger partial charge on any atom is 0.204 e. The van der Waals surface area contributed by atoms with Crippen molar-refractivity contribution in [3.05, 3.63) is 185 Å². The monoisotopic (exact) mass is 662 g/mol. The fourth-order valence-electron chi connectivity index (χ4n) is 5.90. The van der Waals surface area contributed by atoms with E-state index in [2.05, 4.69) is 0 Å². The van der Waals surface area contributed by atoms with E-state index in [0.29, 0.717) is 67.2 Å². The van der Waals surface area contributed by atoms with E-state index < -0.39 is 5.92 Å². The minimum Gasteiger partial charge on any atom is -0.488 e. The lowest BCUT2D eigenvalue weighted by atomic mass is 9.89. The largest absolute Gasteiger partial charge is 0.488 e. The molecule has 6 nitrogen and oxygen atoms in total. The highest BCUT2D eigenvalue weighted by atomic mass is 16.5. The van der Waals surface area contributed by atoms with E-state index in [4.69, 9.17) is 23.7 Å². The second-order valence-electron chi connectivity index (χ2n) is 12.2. The van der Waals surface area contributed by atoms with Crippen molar-refractivity contribution in [3.8, 4) is 28.7 Å². The van der Waals surface area contributed by atoms with Gasteiger partial charge in [0.1, 0.15) is 26.4 Å². The van der Waals surface area contributed by atoms with Crippen LogP contribution in [0.3, 0.4) is 0 Å². The zero-order chi connectivity index (χ0) is 34.0. The van der Waals surface area contributed by atoms with Gasteiger partial charge in [-0.15, -0.1) is 0 Å². The maximum absolute atomic E-state index is 14.0. The van der Waals surface area contributed by atoms with Gasteiger partial charge in [0.15, 0.2) is 28.8 Å². The van der Waals surface area contributed by atoms with Gasteiger partial charge in [0.2, 0.25) is 5.75 Å². The molecule has 6 aromatic rings. The Morgan fingerprint density at radius 1 is 0.480 bits per heavy atom. The first-order valence-corrected chi connectivity index (χ1v) is 16.8. The first-order valence-electron chi connectivity index (χ1n) is 16.8. The number of hydrogen-bond acceptors (Lipinski definition) is 6. The van der Waals surface area contributed by atoms with Crippen LogP contribution >= 0.6 is 0 Å². The van der Waals surface area contributed by atoms with Crippen molar-refractivity contribution >= 4 is 5.78 Å². The van der Waals surface area contributed by atoms with Crippen LogP contribution < -0.4 is 23.7 Å². The summed E-state index contributed by atoms with van der Waals surface area (Å²) in [7, 11) is 0. The number of carbonyl (C=O) groups is 1. The van der Waals surface area contributed by atoms with Crippen molar-refractivity contribution in [2.24, 2.45) is 5.92 Å². The SMILES string of the molecule is O=C1c2ccc(OCc3ccccc3)c(OCc3ccccc3)c2OCC1Cc1ccc(OCc2ccccc2)c(OCc2ccccc2)c1. The molecule has 1 aliphatic heterocycles. The standard InChI is InChI=1S/C44H38O6/c45-42-37(25-36-21-23-39(46-27-32-13-5-1-6-14-32)41(26-36)48-29-34-17-9-3-10-18-34)31-50-43-38(42)22-24-40(47-28-33-15-7-2-8-16-33)44(43)49-30-35-19-11-4-12-20-35/h1-24,26,37H,25,27-31H2. The van der Waals surface area contributed by atoms with Gasteiger partial charge in [-0.25, -0.2) is 0 Å². The quantitative estimate of drug-likeness (QED) is 0.116. The molecule has 1 atom stereocenters. The summed E-state index contributed by atoms with van der Waals surface area (Å²) in [6.07, 6.45) is 0.478. The summed E-state index contributed by atoms with van der Waals surface area (Å²) in [6, 6.07) is 49.4. The van der Waals surface area contributed by atoms with Crippen LogP contribution in [0.1, 0.15) is 38.2 Å². The predicted molar refractivity (Wildman–Crippen MR) is 193 cm³/mol. The highest BCUT2D eigenvalue weighted by Crippen LogP contribution is 2.44. The second-order valence-corrected chi connectivity index (χ2v) is 12.2. The van der Waals surface area contributed by atoms with Gasteiger partial charge in [-0.05, 0) is 58.5 Å². The van der Waals surface area contributed by atoms with Gasteiger partial charge in [0.05, 0.1) is 18.1 Å². The second kappa shape index (κ2) is 15.9. The Bertz CT molecular complexity index is 2000. The lowest BCUT2D eigenvalue weighted by molar-refractivity contribution is 0.0822. The molecule has 6 heteroatoms. The number of carbonyl (C=O) groups excluding carboxylic acids is 1. The van der Waals surface area contributed by atoms with E-state index in [1.54, 1.807) is 12.1 Å². The summed E-state index contributed by atoms with van der Waals surface area (Å²) in [4.78, 5) is 14.0. The average molecular weight is 663 g/mol. The van der Waals surface area contributed by atoms with Crippen molar-refractivity contribution in [3.63, 3.8) is 0 Å². The summed E-state index contributed by atoms with van der Waals surface area (Å²) >= 11 is 0. The van der Waals surface area contributed by atoms with E-state index in [1.165, 1.54) is 0 Å². The third kappa shape index (κ3) is 8.16. The number of ether oxygens (including phenoxy) is 5. The minimum atomic E-state index is -0.390. The molecule has 0 saturated carbocycles. The molecule has 0 bridgehead atoms. The lowest BCUT2D eigenvalue weighted by Gasteiger charge is -2.27. The highest BCUT2D eigenvalue weighted by Gasteiger charge is 2.33. The molecule has 7 rings (SSSR count). The predicted octanol–water partition coefficient (Wildman–Crippen LogP) is 9.44. The number of rotatable bonds is 14. The Morgan fingerprint density at radius 3 is 1.48 bits per heavy atom. The van der Waals surface area contributed by atoms with Crippen molar-refractivity contribution in [1.29, 1.82) is 0 Å². The third-order valence-electron chi connectivity index (χ3n) is 8.57. The molecule has 0 spiro atoms. The maximum atomic E-state index is 14.0. The van der Waals surface area contributed by atoms with Crippen LogP contribution in [0.5, 0.6) is 28.7 Å². The number of fused-ring (bicyclic) bond motifs is 1. The van der Waals surface area contributed by atoms with E-state index >= 15 is 0 Å². The first-order chi connectivity index (χ1) is 24.7. The highest BCUT2D eigenvalue weighted by molar-refractivity contribution is 6.02. The van der Waals surface area contributed by atoms with E-state index in [9.17, 15) is 4.79 Å². The third-order valence-corrected chi connectivity index (χ3v) is 8.57. The van der Waals surface area contributed by atoms with Crippen LogP contribution in [0.2, 0.25) is 0 Å². The summed E-state index contributed by atoms with van der Waals surface area (Å²) in [5.41, 5.74) is 5.58. The molecular weight excluding hydrogens is 624 g/mol. The molecule has 0 fully saturated rings. The van der Waals surface area contributed by atoms with Gasteiger partial charge in [0.25, 0.3) is 0 Å². The molecule has 0 radical (unpaired) electrons. The summed E-state index contributed by atoms with van der Waals surface area (Å²) in [6.45, 7) is 1.69. The van der Waals surface area contributed by atoms with E-state index in [-0.39, 0.29) is 12.4 Å². The fraction of sp³-hybridized carbons (Fsp3) is 0.159. The molecular formula is C44H38O6. The first kappa shape index (κ1) is 32.5. The van der Waals surface area contributed by atoms with Crippen LogP contribution in [-0.2, 0) is 32.8 Å². The zero-order valence-electron chi connectivity index (χ0n) is 27.7. The number of ketones is 1. The van der Waals surface area contributed by atoms with Crippen LogP contribution in [0.15, 0.2) is 152 Å². The molecule has 0 saturated heterocycles. The van der Waals surface area contributed by atoms with Crippen LogP contribution in [0, 0.1) is 5.92 Å². The van der Waals surface area contributed by atoms with Gasteiger partial charge in [-0.2, -0.15) is 0 Å². The van der Waals surface area contributed by atoms with E-state index in [1.807, 2.05) is 140 Å². The van der Waals surface area contributed by atoms with Crippen molar-refractivity contribution in [2.75, 3.05) is 6.61 Å². The van der Waals surface area contributed by atoms with Gasteiger partial charge in [-0.3, -0.25) is 4.79 Å². The zero-order valence-corrected chi connectivity index (χ0v) is 27.7. The normalized spacial score (nSPS) is 13.5. The van der Waals surface area contributed by atoms with Crippen molar-refractivity contribution in [2.45, 2.75) is 32.8 Å². The Balaban J connectivity index is 1.11. The van der Waals surface area contributed by atoms with Crippen molar-refractivity contribution < 1.29 is 28.5 Å². The Kier molecular flexibility index (Phi) is 10.4. The summed E-state index contributed by atoms with van der Waals surface area (Å²) in [5, 5.41) is 0. The fourth-order valence-corrected chi connectivity index (χ4v) is 5.90. The van der Waals surface area contributed by atoms with Gasteiger partial charge in [0, 0.05) is 0 Å². The Hall–Kier alpha value is -6.01. The minimum absolute atomic E-state index is 0.00146. The van der Waals surface area contributed by atoms with Crippen molar-refractivity contribution in [1.82, 2.24) is 0 Å². The number of hydrogen-bond donors (Lipinski definition) is 0. The molecule has 1 heterocycles. The molecule has 0 N–H and O–H groups in total. The summed E-state index contributed by atoms with van der Waals surface area (Å²) in [5.74, 6) is 2.27. The smallest absolute Gasteiger partial charge is 0.204 e. The topological polar surface area (TPSA) is 63.2 Å². The lowest BCUT2D eigenvalue weighted by Crippen LogP contribution is -2.30. The number of Topliss-reactive ketones (excluding diaryl/α,β-unsaturated/α-hetero) is 1. The molecule has 0 aromatic heterocycles. The van der Waals surface area contributed by atoms with Crippen LogP contribution in [0.25, 0.3) is 0 Å². The van der Waals surface area contributed by atoms with Crippen LogP contribution in [-0.4, -0.2) is 12.4 Å². The number of benzene rings is 6. The molecule has 250 valence electrons. The van der Waals surface area contributed by atoms with Gasteiger partial charge < -0.3 is 23.7 Å². The van der Waals surface area contributed by atoms with Crippen LogP contribution in [0.4, 0.5) is 0 Å². The summed E-state index contributed by atoms with van der Waals surface area (Å²) < 4.78 is 31.4. The molecule has 0 aliphatic carbocycles.